The van der Waals surface area contributed by atoms with Crippen LogP contribution in [0, 0.1) is 46.3 Å². The van der Waals surface area contributed by atoms with E-state index in [0.717, 1.165) is 25.2 Å². The standard InChI is InChI=1S/C28H46O2/c1-18(2)19(3)7-8-20(4)23-9-10-24-22-12-16-28(30)17-21(29)11-15-27(28,6)25(22)13-14-26(23,24)5/h7-8,12,18-21,23-25,29-30H,9-11,13-17H2,1-6H3/b8-7+/t19-,20+,21+,23-,24+,25+,26-,27-,28-/m0/s1. The van der Waals surface area contributed by atoms with E-state index in [-0.39, 0.29) is 11.5 Å². The highest BCUT2D eigenvalue weighted by Crippen LogP contribution is 2.67. The largest absolute Gasteiger partial charge is 0.393 e. The predicted octanol–water partition coefficient (Wildman–Crippen LogP) is 6.53. The lowest BCUT2D eigenvalue weighted by Gasteiger charge is -2.61. The van der Waals surface area contributed by atoms with E-state index in [9.17, 15) is 10.2 Å². The molecule has 0 aromatic carbocycles. The summed E-state index contributed by atoms with van der Waals surface area (Å²) < 4.78 is 0. The van der Waals surface area contributed by atoms with Crippen LogP contribution < -0.4 is 0 Å². The molecule has 3 fully saturated rings. The van der Waals surface area contributed by atoms with Crippen molar-refractivity contribution in [2.75, 3.05) is 0 Å². The van der Waals surface area contributed by atoms with Crippen molar-refractivity contribution in [3.05, 3.63) is 23.8 Å². The summed E-state index contributed by atoms with van der Waals surface area (Å²) in [6, 6.07) is 0. The molecule has 0 radical (unpaired) electrons. The van der Waals surface area contributed by atoms with Crippen molar-refractivity contribution in [2.45, 2.75) is 105 Å². The van der Waals surface area contributed by atoms with Gasteiger partial charge in [0.15, 0.2) is 0 Å². The Morgan fingerprint density at radius 3 is 2.40 bits per heavy atom. The topological polar surface area (TPSA) is 40.5 Å². The van der Waals surface area contributed by atoms with Gasteiger partial charge in [-0.3, -0.25) is 0 Å². The summed E-state index contributed by atoms with van der Waals surface area (Å²) in [6.07, 6.45) is 15.4. The monoisotopic (exact) mass is 414 g/mol. The summed E-state index contributed by atoms with van der Waals surface area (Å²) in [4.78, 5) is 0. The Labute approximate surface area is 185 Å². The van der Waals surface area contributed by atoms with Crippen LogP contribution in [-0.2, 0) is 0 Å². The number of fused-ring (bicyclic) bond motifs is 5. The minimum atomic E-state index is -0.715. The summed E-state index contributed by atoms with van der Waals surface area (Å²) in [5, 5.41) is 21.8. The summed E-state index contributed by atoms with van der Waals surface area (Å²) in [7, 11) is 0. The van der Waals surface area contributed by atoms with E-state index in [1.165, 1.54) is 25.7 Å². The fraction of sp³-hybridized carbons (Fsp3) is 0.857. The van der Waals surface area contributed by atoms with E-state index in [2.05, 4.69) is 59.8 Å². The van der Waals surface area contributed by atoms with Gasteiger partial charge >= 0.3 is 0 Å². The van der Waals surface area contributed by atoms with Crippen molar-refractivity contribution in [1.82, 2.24) is 0 Å². The SMILES string of the molecule is CC(C)[C@@H](C)/C=C/[C@@H](C)[C@@H]1CC[C@@H]2C3=CC[C@]4(O)C[C@H](O)CC[C@@]4(C)[C@@H]3CC[C@]21C. The molecule has 0 unspecified atom stereocenters. The zero-order valence-corrected chi connectivity index (χ0v) is 20.3. The van der Waals surface area contributed by atoms with E-state index in [1.54, 1.807) is 5.57 Å². The molecule has 9 atom stereocenters. The lowest BCUT2D eigenvalue weighted by atomic mass is 9.46. The molecule has 170 valence electrons. The second-order valence-corrected chi connectivity index (χ2v) is 12.4. The van der Waals surface area contributed by atoms with Crippen LogP contribution in [0.5, 0.6) is 0 Å². The Morgan fingerprint density at radius 2 is 1.70 bits per heavy atom. The van der Waals surface area contributed by atoms with Crippen molar-refractivity contribution in [1.29, 1.82) is 0 Å². The van der Waals surface area contributed by atoms with E-state index in [4.69, 9.17) is 0 Å². The first kappa shape index (κ1) is 22.6. The summed E-state index contributed by atoms with van der Waals surface area (Å²) >= 11 is 0. The van der Waals surface area contributed by atoms with E-state index < -0.39 is 5.60 Å². The first-order valence-corrected chi connectivity index (χ1v) is 12.8. The molecular formula is C28H46O2. The molecule has 2 N–H and O–H groups in total. The van der Waals surface area contributed by atoms with Crippen LogP contribution in [0.15, 0.2) is 23.8 Å². The van der Waals surface area contributed by atoms with Crippen LogP contribution in [-0.4, -0.2) is 21.9 Å². The van der Waals surface area contributed by atoms with Crippen LogP contribution in [0.1, 0.15) is 92.9 Å². The molecule has 4 rings (SSSR count). The van der Waals surface area contributed by atoms with Gasteiger partial charge in [0.05, 0.1) is 11.7 Å². The summed E-state index contributed by atoms with van der Waals surface area (Å²) in [6.45, 7) is 14.3. The molecule has 3 saturated carbocycles. The van der Waals surface area contributed by atoms with Gasteiger partial charge in [0.1, 0.15) is 0 Å². The molecule has 2 nitrogen and oxygen atoms in total. The van der Waals surface area contributed by atoms with Crippen molar-refractivity contribution in [2.24, 2.45) is 46.3 Å². The van der Waals surface area contributed by atoms with Crippen LogP contribution in [0.3, 0.4) is 0 Å². The highest BCUT2D eigenvalue weighted by Gasteiger charge is 2.62. The average molecular weight is 415 g/mol. The van der Waals surface area contributed by atoms with Gasteiger partial charge in [0.2, 0.25) is 0 Å². The van der Waals surface area contributed by atoms with Crippen molar-refractivity contribution in [3.63, 3.8) is 0 Å². The maximum Gasteiger partial charge on any atom is 0.0765 e. The van der Waals surface area contributed by atoms with Crippen molar-refractivity contribution in [3.8, 4) is 0 Å². The van der Waals surface area contributed by atoms with Crippen LogP contribution in [0.2, 0.25) is 0 Å². The number of allylic oxidation sites excluding steroid dienone is 3. The molecule has 0 amide bonds. The summed E-state index contributed by atoms with van der Waals surface area (Å²) in [5.74, 6) is 3.95. The molecule has 0 aromatic heterocycles. The number of aliphatic hydroxyl groups excluding tert-OH is 1. The third-order valence-electron chi connectivity index (χ3n) is 10.7. The van der Waals surface area contributed by atoms with Crippen LogP contribution >= 0.6 is 0 Å². The van der Waals surface area contributed by atoms with Gasteiger partial charge in [-0.25, -0.2) is 0 Å². The molecule has 0 spiro atoms. The van der Waals surface area contributed by atoms with Gasteiger partial charge in [-0.1, -0.05) is 65.3 Å². The zero-order valence-electron chi connectivity index (χ0n) is 20.3. The second kappa shape index (κ2) is 7.77. The Bertz CT molecular complexity index is 707. The van der Waals surface area contributed by atoms with Crippen LogP contribution in [0.25, 0.3) is 0 Å². The highest BCUT2D eigenvalue weighted by molar-refractivity contribution is 5.30. The van der Waals surface area contributed by atoms with E-state index >= 15 is 0 Å². The van der Waals surface area contributed by atoms with Gasteiger partial charge in [-0.2, -0.15) is 0 Å². The van der Waals surface area contributed by atoms with Gasteiger partial charge in [0, 0.05) is 11.8 Å². The zero-order chi connectivity index (χ0) is 21.9. The quantitative estimate of drug-likeness (QED) is 0.514. The van der Waals surface area contributed by atoms with Gasteiger partial charge in [0.25, 0.3) is 0 Å². The fourth-order valence-electron chi connectivity index (χ4n) is 8.10. The third kappa shape index (κ3) is 3.36. The normalized spacial score (nSPS) is 48.1. The highest BCUT2D eigenvalue weighted by atomic mass is 16.3. The first-order chi connectivity index (χ1) is 14.0. The fourth-order valence-corrected chi connectivity index (χ4v) is 8.10. The minimum absolute atomic E-state index is 0.0616. The number of hydrogen-bond acceptors (Lipinski definition) is 2. The van der Waals surface area contributed by atoms with Crippen LogP contribution in [0.4, 0.5) is 0 Å². The minimum Gasteiger partial charge on any atom is -0.393 e. The van der Waals surface area contributed by atoms with Crippen molar-refractivity contribution >= 4 is 0 Å². The maximum absolute atomic E-state index is 11.6. The predicted molar refractivity (Wildman–Crippen MR) is 125 cm³/mol. The second-order valence-electron chi connectivity index (χ2n) is 12.4. The molecule has 4 aliphatic rings. The molecule has 0 bridgehead atoms. The maximum atomic E-state index is 11.6. The van der Waals surface area contributed by atoms with Gasteiger partial charge < -0.3 is 10.2 Å². The van der Waals surface area contributed by atoms with Gasteiger partial charge in [-0.05, 0) is 85.9 Å². The Hall–Kier alpha value is -0.600. The number of rotatable bonds is 4. The molecule has 4 aliphatic carbocycles. The van der Waals surface area contributed by atoms with E-state index in [1.807, 2.05) is 0 Å². The number of hydrogen-bond donors (Lipinski definition) is 2. The van der Waals surface area contributed by atoms with Gasteiger partial charge in [-0.15, -0.1) is 0 Å². The molecule has 0 heterocycles. The average Bonchev–Trinajstić information content (AvgIpc) is 3.04. The Morgan fingerprint density at radius 1 is 0.967 bits per heavy atom. The molecular weight excluding hydrogens is 368 g/mol. The Balaban J connectivity index is 1.57. The Kier molecular flexibility index (Phi) is 5.85. The van der Waals surface area contributed by atoms with E-state index in [0.29, 0.717) is 41.4 Å². The molecule has 0 saturated heterocycles. The van der Waals surface area contributed by atoms with Crippen molar-refractivity contribution < 1.29 is 10.2 Å². The number of aliphatic hydroxyl groups is 2. The molecule has 2 heteroatoms. The smallest absolute Gasteiger partial charge is 0.0765 e. The summed E-state index contributed by atoms with van der Waals surface area (Å²) in [5.41, 5.74) is 1.30. The third-order valence-corrected chi connectivity index (χ3v) is 10.7. The first-order valence-electron chi connectivity index (χ1n) is 12.8. The molecule has 30 heavy (non-hydrogen) atoms. The molecule has 0 aliphatic heterocycles. The lowest BCUT2D eigenvalue weighted by Crippen LogP contribution is -2.59. The lowest BCUT2D eigenvalue weighted by molar-refractivity contribution is -0.168. The molecule has 0 aromatic rings.